The molecular formula is C8H13BO2S. The molecule has 0 spiro atoms. The fourth-order valence-corrected chi connectivity index (χ4v) is 2.11. The van der Waals surface area contributed by atoms with E-state index in [-0.39, 0.29) is 5.41 Å². The van der Waals surface area contributed by atoms with Gasteiger partial charge < -0.3 is 10.0 Å². The quantitative estimate of drug-likeness (QED) is 0.631. The molecule has 2 nitrogen and oxygen atoms in total. The molecule has 0 unspecified atom stereocenters. The average molecular weight is 184 g/mol. The van der Waals surface area contributed by atoms with E-state index >= 15 is 0 Å². The first kappa shape index (κ1) is 9.77. The second-order valence-corrected chi connectivity index (χ2v) is 4.77. The van der Waals surface area contributed by atoms with Gasteiger partial charge in [-0.15, -0.1) is 0 Å². The van der Waals surface area contributed by atoms with Crippen molar-refractivity contribution in [2.24, 2.45) is 0 Å². The SMILES string of the molecule is CC(C)(C)c1ccsc1B(O)O. The molecule has 0 bridgehead atoms. The van der Waals surface area contributed by atoms with Crippen molar-refractivity contribution in [3.63, 3.8) is 0 Å². The first-order valence-electron chi connectivity index (χ1n) is 3.87. The van der Waals surface area contributed by atoms with Gasteiger partial charge in [-0.25, -0.2) is 0 Å². The van der Waals surface area contributed by atoms with E-state index in [4.69, 9.17) is 10.0 Å². The summed E-state index contributed by atoms with van der Waals surface area (Å²) in [5.41, 5.74) is 1.00. The largest absolute Gasteiger partial charge is 0.499 e. The first-order valence-corrected chi connectivity index (χ1v) is 4.75. The van der Waals surface area contributed by atoms with Crippen LogP contribution in [0.5, 0.6) is 0 Å². The summed E-state index contributed by atoms with van der Waals surface area (Å²) in [6, 6.07) is 1.94. The van der Waals surface area contributed by atoms with Crippen molar-refractivity contribution in [2.75, 3.05) is 0 Å². The summed E-state index contributed by atoms with van der Waals surface area (Å²) >= 11 is 1.38. The van der Waals surface area contributed by atoms with Gasteiger partial charge in [-0.1, -0.05) is 20.8 Å². The Kier molecular flexibility index (Phi) is 2.61. The zero-order chi connectivity index (χ0) is 9.35. The number of hydrogen-bond donors (Lipinski definition) is 2. The molecule has 0 radical (unpaired) electrons. The Balaban J connectivity index is 3.08. The van der Waals surface area contributed by atoms with Crippen LogP contribution >= 0.6 is 11.3 Å². The van der Waals surface area contributed by atoms with Crippen molar-refractivity contribution in [3.05, 3.63) is 17.0 Å². The Morgan fingerprint density at radius 2 is 1.92 bits per heavy atom. The highest BCUT2D eigenvalue weighted by Gasteiger charge is 2.24. The monoisotopic (exact) mass is 184 g/mol. The standard InChI is InChI=1S/C8H13BO2S/c1-8(2,3)6-4-5-12-7(6)9(10)11/h4-5,10-11H,1-3H3. The van der Waals surface area contributed by atoms with E-state index in [9.17, 15) is 0 Å². The molecule has 1 rings (SSSR count). The summed E-state index contributed by atoms with van der Waals surface area (Å²) in [5.74, 6) is 0. The van der Waals surface area contributed by atoms with E-state index in [0.717, 1.165) is 5.56 Å². The molecule has 2 N–H and O–H groups in total. The van der Waals surface area contributed by atoms with Crippen LogP contribution in [0.1, 0.15) is 26.3 Å². The summed E-state index contributed by atoms with van der Waals surface area (Å²) < 4.78 is 0.655. The lowest BCUT2D eigenvalue weighted by Gasteiger charge is -2.19. The minimum absolute atomic E-state index is 0.0148. The molecule has 0 saturated carbocycles. The number of hydrogen-bond acceptors (Lipinski definition) is 3. The molecule has 0 aliphatic rings. The predicted octanol–water partition coefficient (Wildman–Crippen LogP) is 0.725. The van der Waals surface area contributed by atoms with Gasteiger partial charge in [0.15, 0.2) is 0 Å². The molecular weight excluding hydrogens is 171 g/mol. The van der Waals surface area contributed by atoms with E-state index in [1.54, 1.807) is 0 Å². The topological polar surface area (TPSA) is 40.5 Å². The van der Waals surface area contributed by atoms with Gasteiger partial charge in [0.25, 0.3) is 0 Å². The zero-order valence-electron chi connectivity index (χ0n) is 7.53. The van der Waals surface area contributed by atoms with E-state index in [2.05, 4.69) is 20.8 Å². The Morgan fingerprint density at radius 3 is 2.25 bits per heavy atom. The highest BCUT2D eigenvalue weighted by molar-refractivity contribution is 7.20. The van der Waals surface area contributed by atoms with Gasteiger partial charge in [0, 0.05) is 4.78 Å². The van der Waals surface area contributed by atoms with Gasteiger partial charge in [0.2, 0.25) is 0 Å². The molecule has 0 aliphatic carbocycles. The second-order valence-electron chi connectivity index (χ2n) is 3.82. The third-order valence-corrected chi connectivity index (χ3v) is 2.69. The molecule has 12 heavy (non-hydrogen) atoms. The third-order valence-electron chi connectivity index (χ3n) is 1.74. The number of rotatable bonds is 1. The van der Waals surface area contributed by atoms with Gasteiger partial charge in [0.05, 0.1) is 0 Å². The van der Waals surface area contributed by atoms with Crippen molar-refractivity contribution < 1.29 is 10.0 Å². The summed E-state index contributed by atoms with van der Waals surface area (Å²) in [7, 11) is -1.33. The van der Waals surface area contributed by atoms with Gasteiger partial charge in [-0.05, 0) is 22.4 Å². The molecule has 0 amide bonds. The highest BCUT2D eigenvalue weighted by atomic mass is 32.1. The fourth-order valence-electron chi connectivity index (χ4n) is 1.14. The number of thiophene rings is 1. The average Bonchev–Trinajstić information content (AvgIpc) is 2.30. The molecule has 0 aromatic carbocycles. The molecule has 1 aromatic heterocycles. The van der Waals surface area contributed by atoms with Crippen LogP contribution < -0.4 is 4.78 Å². The minimum atomic E-state index is -1.33. The van der Waals surface area contributed by atoms with Crippen LogP contribution in [0.15, 0.2) is 11.4 Å². The molecule has 0 fully saturated rings. The van der Waals surface area contributed by atoms with Crippen molar-refractivity contribution in [2.45, 2.75) is 26.2 Å². The Labute approximate surface area is 77.0 Å². The normalized spacial score (nSPS) is 11.8. The van der Waals surface area contributed by atoms with E-state index < -0.39 is 7.12 Å². The van der Waals surface area contributed by atoms with Crippen LogP contribution in [0.4, 0.5) is 0 Å². The zero-order valence-corrected chi connectivity index (χ0v) is 8.35. The molecule has 0 aliphatic heterocycles. The smallest absolute Gasteiger partial charge is 0.423 e. The van der Waals surface area contributed by atoms with Crippen LogP contribution in [-0.2, 0) is 5.41 Å². The highest BCUT2D eigenvalue weighted by Crippen LogP contribution is 2.22. The summed E-state index contributed by atoms with van der Waals surface area (Å²) in [6.45, 7) is 6.17. The van der Waals surface area contributed by atoms with Crippen LogP contribution in [0.3, 0.4) is 0 Å². The molecule has 1 aromatic rings. The maximum atomic E-state index is 9.02. The molecule has 0 saturated heterocycles. The van der Waals surface area contributed by atoms with Gasteiger partial charge in [-0.2, -0.15) is 11.3 Å². The first-order chi connectivity index (χ1) is 5.43. The van der Waals surface area contributed by atoms with Gasteiger partial charge in [0.1, 0.15) is 0 Å². The second kappa shape index (κ2) is 3.20. The Bertz CT molecular complexity index is 262. The Morgan fingerprint density at radius 1 is 1.33 bits per heavy atom. The van der Waals surface area contributed by atoms with Crippen molar-refractivity contribution in [1.29, 1.82) is 0 Å². The van der Waals surface area contributed by atoms with Crippen molar-refractivity contribution in [3.8, 4) is 0 Å². The molecule has 66 valence electrons. The Hall–Kier alpha value is -0.315. The summed E-state index contributed by atoms with van der Waals surface area (Å²) in [6.07, 6.45) is 0. The maximum absolute atomic E-state index is 9.02. The summed E-state index contributed by atoms with van der Waals surface area (Å²) in [5, 5.41) is 19.9. The van der Waals surface area contributed by atoms with Crippen molar-refractivity contribution >= 4 is 23.2 Å². The van der Waals surface area contributed by atoms with Crippen molar-refractivity contribution in [1.82, 2.24) is 0 Å². The maximum Gasteiger partial charge on any atom is 0.499 e. The third kappa shape index (κ3) is 1.89. The van der Waals surface area contributed by atoms with Crippen LogP contribution in [0, 0.1) is 0 Å². The fraction of sp³-hybridized carbons (Fsp3) is 0.500. The van der Waals surface area contributed by atoms with Gasteiger partial charge in [-0.3, -0.25) is 0 Å². The lowest BCUT2D eigenvalue weighted by atomic mass is 9.77. The molecule has 1 heterocycles. The van der Waals surface area contributed by atoms with E-state index in [1.807, 2.05) is 11.4 Å². The van der Waals surface area contributed by atoms with Crippen LogP contribution in [0.25, 0.3) is 0 Å². The lowest BCUT2D eigenvalue weighted by Crippen LogP contribution is -2.33. The summed E-state index contributed by atoms with van der Waals surface area (Å²) in [4.78, 5) is 0. The molecule has 0 atom stereocenters. The van der Waals surface area contributed by atoms with E-state index in [1.165, 1.54) is 11.3 Å². The van der Waals surface area contributed by atoms with Crippen LogP contribution in [0.2, 0.25) is 0 Å². The predicted molar refractivity (Wildman–Crippen MR) is 52.8 cm³/mol. The van der Waals surface area contributed by atoms with Gasteiger partial charge >= 0.3 is 7.12 Å². The van der Waals surface area contributed by atoms with E-state index in [0.29, 0.717) is 4.78 Å². The lowest BCUT2D eigenvalue weighted by molar-refractivity contribution is 0.425. The van der Waals surface area contributed by atoms with Crippen LogP contribution in [-0.4, -0.2) is 17.2 Å². The minimum Gasteiger partial charge on any atom is -0.423 e. The molecule has 4 heteroatoms.